The summed E-state index contributed by atoms with van der Waals surface area (Å²) in [6.45, 7) is 6.19. The lowest BCUT2D eigenvalue weighted by Crippen LogP contribution is -2.53. The smallest absolute Gasteiger partial charge is 0.410 e. The highest BCUT2D eigenvalue weighted by molar-refractivity contribution is 6.00. The molecule has 0 radical (unpaired) electrons. The van der Waals surface area contributed by atoms with E-state index in [4.69, 9.17) is 4.74 Å². The number of ether oxygens (including phenoxy) is 1. The van der Waals surface area contributed by atoms with Gasteiger partial charge < -0.3 is 9.64 Å². The first kappa shape index (κ1) is 25.0. The van der Waals surface area contributed by atoms with Crippen molar-refractivity contribution in [3.63, 3.8) is 0 Å². The number of carbonyl (C=O) groups excluding carboxylic acids is 4. The van der Waals surface area contributed by atoms with Crippen LogP contribution in [-0.4, -0.2) is 74.5 Å². The topological polar surface area (TPSA) is 123 Å². The van der Waals surface area contributed by atoms with Crippen LogP contribution < -0.4 is 11.0 Å². The van der Waals surface area contributed by atoms with Gasteiger partial charge in [0, 0.05) is 32.1 Å². The number of carbonyl (C=O) groups is 4. The molecule has 3 heterocycles. The van der Waals surface area contributed by atoms with E-state index in [0.29, 0.717) is 29.7 Å². The summed E-state index contributed by atoms with van der Waals surface area (Å²) in [6.07, 6.45) is -0.0710. The highest BCUT2D eigenvalue weighted by Crippen LogP contribution is 2.23. The predicted octanol–water partition coefficient (Wildman–Crippen LogP) is 0.749. The van der Waals surface area contributed by atoms with Crippen LogP contribution in [0.2, 0.25) is 0 Å². The van der Waals surface area contributed by atoms with E-state index in [-0.39, 0.29) is 43.4 Å². The summed E-state index contributed by atoms with van der Waals surface area (Å²) in [5, 5.41) is 2.29. The maximum absolute atomic E-state index is 12.9. The van der Waals surface area contributed by atoms with E-state index < -0.39 is 23.6 Å². The molecule has 0 bridgehead atoms. The second-order valence-corrected chi connectivity index (χ2v) is 9.90. The van der Waals surface area contributed by atoms with Crippen molar-refractivity contribution in [2.45, 2.75) is 45.3 Å². The number of imide groups is 1. The van der Waals surface area contributed by atoms with Gasteiger partial charge in [-0.2, -0.15) is 0 Å². The average Bonchev–Trinajstić information content (AvgIpc) is 3.04. The summed E-state index contributed by atoms with van der Waals surface area (Å²) in [4.78, 5) is 64.4. The van der Waals surface area contributed by atoms with E-state index in [9.17, 15) is 24.0 Å². The summed E-state index contributed by atoms with van der Waals surface area (Å²) in [5.41, 5.74) is 0.863. The largest absolute Gasteiger partial charge is 0.444 e. The van der Waals surface area contributed by atoms with E-state index in [1.165, 1.54) is 14.0 Å². The molecule has 0 saturated carbocycles. The first-order valence-corrected chi connectivity index (χ1v) is 11.7. The molecule has 11 heteroatoms. The minimum Gasteiger partial charge on any atom is -0.444 e. The number of hydrogen-bond acceptors (Lipinski definition) is 6. The Labute approximate surface area is 208 Å². The van der Waals surface area contributed by atoms with Gasteiger partial charge in [0.15, 0.2) is 0 Å². The first-order valence-electron chi connectivity index (χ1n) is 11.7. The molecule has 1 aromatic carbocycles. The van der Waals surface area contributed by atoms with Crippen molar-refractivity contribution >= 4 is 34.8 Å². The number of fused-ring (bicyclic) bond motifs is 1. The fraction of sp³-hybridized carbons (Fsp3) is 0.480. The number of nitrogens with one attached hydrogen (secondary N) is 1. The van der Waals surface area contributed by atoms with Crippen LogP contribution in [0.1, 0.15) is 45.2 Å². The number of aromatic nitrogens is 2. The molecule has 1 atom stereocenters. The van der Waals surface area contributed by atoms with Crippen molar-refractivity contribution in [2.24, 2.45) is 7.05 Å². The first-order chi connectivity index (χ1) is 16.9. The van der Waals surface area contributed by atoms with Crippen LogP contribution in [0.5, 0.6) is 0 Å². The molecular weight excluding hydrogens is 466 g/mol. The third-order valence-electron chi connectivity index (χ3n) is 6.08. The number of benzene rings is 1. The van der Waals surface area contributed by atoms with Gasteiger partial charge >= 0.3 is 11.8 Å². The number of nitrogens with zero attached hydrogens (tertiary/aromatic N) is 4. The lowest BCUT2D eigenvalue weighted by molar-refractivity contribution is -0.136. The zero-order chi connectivity index (χ0) is 26.2. The summed E-state index contributed by atoms with van der Waals surface area (Å²) in [7, 11) is 1.62. The molecule has 2 saturated heterocycles. The van der Waals surface area contributed by atoms with Crippen LogP contribution in [0, 0.1) is 11.8 Å². The lowest BCUT2D eigenvalue weighted by atomic mass is 10.1. The fourth-order valence-corrected chi connectivity index (χ4v) is 4.27. The number of hydrogen-bond donors (Lipinski definition) is 1. The van der Waals surface area contributed by atoms with E-state index in [0.717, 1.165) is 0 Å². The monoisotopic (exact) mass is 495 g/mol. The van der Waals surface area contributed by atoms with Crippen LogP contribution in [0.25, 0.3) is 11.0 Å². The second-order valence-electron chi connectivity index (χ2n) is 9.90. The van der Waals surface area contributed by atoms with Crippen molar-refractivity contribution in [1.29, 1.82) is 0 Å². The quantitative estimate of drug-likeness (QED) is 0.485. The fourth-order valence-electron chi connectivity index (χ4n) is 4.27. The molecular formula is C25H29N5O6. The van der Waals surface area contributed by atoms with Gasteiger partial charge in [0.25, 0.3) is 0 Å². The lowest BCUT2D eigenvalue weighted by Gasteiger charge is -2.34. The zero-order valence-electron chi connectivity index (χ0n) is 20.8. The molecule has 190 valence electrons. The van der Waals surface area contributed by atoms with Gasteiger partial charge in [-0.25, -0.2) is 9.59 Å². The average molecular weight is 496 g/mol. The molecule has 36 heavy (non-hydrogen) atoms. The van der Waals surface area contributed by atoms with Crippen molar-refractivity contribution < 1.29 is 23.9 Å². The number of imidazole rings is 1. The Hall–Kier alpha value is -4.07. The number of aryl methyl sites for hydroxylation is 1. The Morgan fingerprint density at radius 1 is 1.14 bits per heavy atom. The number of piperidine rings is 1. The van der Waals surface area contributed by atoms with Gasteiger partial charge in [-0.3, -0.25) is 33.7 Å². The maximum atomic E-state index is 12.9. The molecule has 2 aromatic rings. The van der Waals surface area contributed by atoms with E-state index in [1.807, 2.05) is 0 Å². The van der Waals surface area contributed by atoms with Crippen LogP contribution in [0.3, 0.4) is 0 Å². The van der Waals surface area contributed by atoms with Gasteiger partial charge in [-0.05, 0) is 45.4 Å². The number of rotatable bonds is 2. The van der Waals surface area contributed by atoms with Crippen molar-refractivity contribution in [3.05, 3.63) is 34.2 Å². The molecule has 11 nitrogen and oxygen atoms in total. The molecule has 0 aliphatic carbocycles. The predicted molar refractivity (Wildman–Crippen MR) is 130 cm³/mol. The summed E-state index contributed by atoms with van der Waals surface area (Å²) in [6, 6.07) is 4.49. The Balaban J connectivity index is 1.45. The Kier molecular flexibility index (Phi) is 6.63. The summed E-state index contributed by atoms with van der Waals surface area (Å²) >= 11 is 0. The minimum atomic E-state index is -0.749. The Bertz CT molecular complexity index is 1370. The van der Waals surface area contributed by atoms with Gasteiger partial charge in [0.05, 0.1) is 17.6 Å². The third-order valence-corrected chi connectivity index (χ3v) is 6.08. The van der Waals surface area contributed by atoms with Gasteiger partial charge in [-0.15, -0.1) is 0 Å². The second kappa shape index (κ2) is 9.53. The zero-order valence-corrected chi connectivity index (χ0v) is 20.8. The highest BCUT2D eigenvalue weighted by atomic mass is 16.6. The molecule has 4 rings (SSSR count). The van der Waals surface area contributed by atoms with E-state index in [1.54, 1.807) is 50.9 Å². The van der Waals surface area contributed by atoms with E-state index >= 15 is 0 Å². The molecule has 1 aromatic heterocycles. The van der Waals surface area contributed by atoms with Crippen LogP contribution >= 0.6 is 0 Å². The minimum absolute atomic E-state index is 0.0570. The molecule has 4 amide bonds. The third kappa shape index (κ3) is 5.12. The van der Waals surface area contributed by atoms with Gasteiger partial charge in [0.2, 0.25) is 17.7 Å². The number of amides is 4. The summed E-state index contributed by atoms with van der Waals surface area (Å²) < 4.78 is 8.19. The maximum Gasteiger partial charge on any atom is 0.410 e. The SMILES string of the molecule is Cn1c(=O)n(C2CCC(=O)NC2=O)c2ccc(C#CCN3CCN(C(=O)OC(C)(C)C)CC3=O)cc21. The molecule has 2 aliphatic rings. The van der Waals surface area contributed by atoms with Crippen LogP contribution in [0.4, 0.5) is 4.79 Å². The molecule has 1 N–H and O–H groups in total. The highest BCUT2D eigenvalue weighted by Gasteiger charge is 2.32. The normalized spacial score (nSPS) is 18.7. The molecule has 1 unspecified atom stereocenters. The number of piperazine rings is 1. The molecule has 2 fully saturated rings. The van der Waals surface area contributed by atoms with Crippen molar-refractivity contribution in [2.75, 3.05) is 26.2 Å². The van der Waals surface area contributed by atoms with Crippen molar-refractivity contribution in [3.8, 4) is 11.8 Å². The van der Waals surface area contributed by atoms with E-state index in [2.05, 4.69) is 17.2 Å². The molecule has 2 aliphatic heterocycles. The van der Waals surface area contributed by atoms with Crippen LogP contribution in [0.15, 0.2) is 23.0 Å². The van der Waals surface area contributed by atoms with Crippen molar-refractivity contribution in [1.82, 2.24) is 24.3 Å². The van der Waals surface area contributed by atoms with Crippen LogP contribution in [-0.2, 0) is 26.2 Å². The van der Waals surface area contributed by atoms with Gasteiger partial charge in [0.1, 0.15) is 18.2 Å². The summed E-state index contributed by atoms with van der Waals surface area (Å²) in [5.74, 6) is 4.98. The van der Waals surface area contributed by atoms with Gasteiger partial charge in [-0.1, -0.05) is 11.8 Å². The standard InChI is InChI=1S/C25H29N5O6/c1-25(2,3)36-24(35)29-13-12-28(21(32)15-29)11-5-6-16-7-8-17-19(14-16)27(4)23(34)30(17)18-9-10-20(31)26-22(18)33/h7-8,14,18H,9-13,15H2,1-4H3,(H,26,31,33). The Morgan fingerprint density at radius 3 is 2.56 bits per heavy atom. The molecule has 0 spiro atoms. The Morgan fingerprint density at radius 2 is 1.89 bits per heavy atom.